The topological polar surface area (TPSA) is 50.1 Å². The van der Waals surface area contributed by atoms with Gasteiger partial charge in [0.1, 0.15) is 6.10 Å². The summed E-state index contributed by atoms with van der Waals surface area (Å²) in [6.45, 7) is 2.22. The molecule has 0 spiro atoms. The molecule has 150 valence electrons. The minimum Gasteiger partial charge on any atom is -0.462 e. The van der Waals surface area contributed by atoms with Gasteiger partial charge in [0.2, 0.25) is 0 Å². The summed E-state index contributed by atoms with van der Waals surface area (Å²) in [7, 11) is 0. The van der Waals surface area contributed by atoms with Crippen molar-refractivity contribution in [2.45, 2.75) is 83.2 Å². The lowest BCUT2D eigenvalue weighted by Gasteiger charge is -2.31. The van der Waals surface area contributed by atoms with E-state index in [0.717, 1.165) is 57.8 Å². The first-order chi connectivity index (χ1) is 13.7. The summed E-state index contributed by atoms with van der Waals surface area (Å²) in [4.78, 5) is 12.5. The summed E-state index contributed by atoms with van der Waals surface area (Å²) in [6.07, 6.45) is 13.9. The Morgan fingerprint density at radius 1 is 1.07 bits per heavy atom. The molecule has 3 nitrogen and oxygen atoms in total. The van der Waals surface area contributed by atoms with Crippen molar-refractivity contribution < 1.29 is 9.53 Å². The van der Waals surface area contributed by atoms with Crippen molar-refractivity contribution in [3.8, 4) is 6.07 Å². The molecule has 2 fully saturated rings. The number of rotatable bonds is 6. The van der Waals surface area contributed by atoms with Crippen molar-refractivity contribution in [3.05, 3.63) is 47.5 Å². The SMILES string of the molecule is CCCc1ccc(C2CCC(OC(=O)C3CCC(/C=C/C#N)CC3)CC2)cc1. The standard InChI is InChI=1S/C25H33NO2/c1-2-4-19-6-10-21(11-7-19)22-14-16-24(17-15-22)28-25(27)23-12-8-20(9-13-23)5-3-18-26/h3,5-7,10-11,20,22-24H,2,4,8-9,12-17H2,1H3/b5-3+. The van der Waals surface area contributed by atoms with E-state index in [4.69, 9.17) is 10.00 Å². The number of hydrogen-bond donors (Lipinski definition) is 0. The zero-order valence-electron chi connectivity index (χ0n) is 17.1. The lowest BCUT2D eigenvalue weighted by Crippen LogP contribution is -2.29. The zero-order valence-corrected chi connectivity index (χ0v) is 17.1. The van der Waals surface area contributed by atoms with Crippen LogP contribution >= 0.6 is 0 Å². The number of hydrogen-bond acceptors (Lipinski definition) is 3. The Labute approximate surface area is 169 Å². The van der Waals surface area contributed by atoms with Gasteiger partial charge in [0.05, 0.1) is 12.0 Å². The largest absolute Gasteiger partial charge is 0.462 e. The monoisotopic (exact) mass is 379 g/mol. The van der Waals surface area contributed by atoms with Crippen LogP contribution in [0.4, 0.5) is 0 Å². The summed E-state index contributed by atoms with van der Waals surface area (Å²) in [5, 5.41) is 8.63. The van der Waals surface area contributed by atoms with E-state index in [1.807, 2.05) is 6.08 Å². The minimum atomic E-state index is 0.00933. The number of nitriles is 1. The van der Waals surface area contributed by atoms with Crippen LogP contribution in [0.15, 0.2) is 36.4 Å². The van der Waals surface area contributed by atoms with Crippen molar-refractivity contribution >= 4 is 5.97 Å². The van der Waals surface area contributed by atoms with Gasteiger partial charge in [0.25, 0.3) is 0 Å². The Hall–Kier alpha value is -2.08. The van der Waals surface area contributed by atoms with Crippen LogP contribution in [0.1, 0.15) is 81.8 Å². The second-order valence-electron chi connectivity index (χ2n) is 8.50. The molecule has 0 aromatic heterocycles. The molecule has 28 heavy (non-hydrogen) atoms. The summed E-state index contributed by atoms with van der Waals surface area (Å²) >= 11 is 0. The predicted octanol–water partition coefficient (Wildman–Crippen LogP) is 6.09. The van der Waals surface area contributed by atoms with E-state index in [1.165, 1.54) is 17.5 Å². The summed E-state index contributed by atoms with van der Waals surface area (Å²) in [5.74, 6) is 1.11. The molecule has 0 radical (unpaired) electrons. The Morgan fingerprint density at radius 3 is 2.36 bits per heavy atom. The molecule has 3 heteroatoms. The van der Waals surface area contributed by atoms with Gasteiger partial charge < -0.3 is 4.74 Å². The molecule has 0 unspecified atom stereocenters. The van der Waals surface area contributed by atoms with Gasteiger partial charge in [0, 0.05) is 6.08 Å². The van der Waals surface area contributed by atoms with Crippen LogP contribution in [0, 0.1) is 23.2 Å². The number of allylic oxidation sites excluding steroid dienone is 2. The number of esters is 1. The van der Waals surface area contributed by atoms with E-state index < -0.39 is 0 Å². The first-order valence-electron chi connectivity index (χ1n) is 11.0. The van der Waals surface area contributed by atoms with E-state index in [2.05, 4.69) is 37.3 Å². The average molecular weight is 380 g/mol. The number of aryl methyl sites for hydroxylation is 1. The van der Waals surface area contributed by atoms with Crippen LogP contribution in [-0.4, -0.2) is 12.1 Å². The van der Waals surface area contributed by atoms with Gasteiger partial charge in [-0.05, 0) is 80.8 Å². The van der Waals surface area contributed by atoms with Crippen molar-refractivity contribution in [1.29, 1.82) is 5.26 Å². The first-order valence-corrected chi connectivity index (χ1v) is 11.0. The highest BCUT2D eigenvalue weighted by atomic mass is 16.5. The third kappa shape index (κ3) is 5.71. The molecule has 2 saturated carbocycles. The quantitative estimate of drug-likeness (QED) is 0.443. The average Bonchev–Trinajstić information content (AvgIpc) is 2.74. The normalized spacial score (nSPS) is 28.0. The molecule has 1 aromatic carbocycles. The number of nitrogens with zero attached hydrogens (tertiary/aromatic N) is 1. The Morgan fingerprint density at radius 2 is 1.75 bits per heavy atom. The van der Waals surface area contributed by atoms with Gasteiger partial charge in [-0.3, -0.25) is 4.79 Å². The smallest absolute Gasteiger partial charge is 0.309 e. The van der Waals surface area contributed by atoms with Crippen LogP contribution in [0.2, 0.25) is 0 Å². The van der Waals surface area contributed by atoms with Gasteiger partial charge >= 0.3 is 5.97 Å². The number of ether oxygens (including phenoxy) is 1. The highest BCUT2D eigenvalue weighted by Gasteiger charge is 2.30. The van der Waals surface area contributed by atoms with E-state index in [-0.39, 0.29) is 18.0 Å². The van der Waals surface area contributed by atoms with Crippen molar-refractivity contribution in [1.82, 2.24) is 0 Å². The lowest BCUT2D eigenvalue weighted by molar-refractivity contribution is -0.157. The van der Waals surface area contributed by atoms with E-state index in [9.17, 15) is 4.79 Å². The van der Waals surface area contributed by atoms with Gasteiger partial charge in [0.15, 0.2) is 0 Å². The maximum atomic E-state index is 12.5. The molecule has 2 aliphatic carbocycles. The Bertz CT molecular complexity index is 684. The van der Waals surface area contributed by atoms with Crippen LogP contribution < -0.4 is 0 Å². The molecular weight excluding hydrogens is 346 g/mol. The van der Waals surface area contributed by atoms with Gasteiger partial charge in [-0.2, -0.15) is 5.26 Å². The highest BCUT2D eigenvalue weighted by Crippen LogP contribution is 2.36. The summed E-state index contributed by atoms with van der Waals surface area (Å²) in [5.41, 5.74) is 2.86. The minimum absolute atomic E-state index is 0.00933. The van der Waals surface area contributed by atoms with Gasteiger partial charge in [-0.15, -0.1) is 0 Å². The Kier molecular flexibility index (Phi) is 7.71. The molecule has 0 N–H and O–H groups in total. The second-order valence-corrected chi connectivity index (χ2v) is 8.50. The molecule has 1 aromatic rings. The maximum Gasteiger partial charge on any atom is 0.309 e. The van der Waals surface area contributed by atoms with Crippen molar-refractivity contribution in [2.24, 2.45) is 11.8 Å². The van der Waals surface area contributed by atoms with Crippen molar-refractivity contribution in [3.63, 3.8) is 0 Å². The van der Waals surface area contributed by atoms with E-state index in [1.54, 1.807) is 6.08 Å². The molecule has 0 saturated heterocycles. The summed E-state index contributed by atoms with van der Waals surface area (Å²) in [6, 6.07) is 11.2. The molecule has 0 amide bonds. The van der Waals surface area contributed by atoms with Gasteiger partial charge in [-0.1, -0.05) is 43.7 Å². The third-order valence-electron chi connectivity index (χ3n) is 6.49. The molecule has 3 rings (SSSR count). The van der Waals surface area contributed by atoms with Crippen LogP contribution in [0.5, 0.6) is 0 Å². The molecule has 0 atom stereocenters. The van der Waals surface area contributed by atoms with Crippen LogP contribution in [-0.2, 0) is 16.0 Å². The molecule has 2 aliphatic rings. The highest BCUT2D eigenvalue weighted by molar-refractivity contribution is 5.72. The second kappa shape index (κ2) is 10.5. The van der Waals surface area contributed by atoms with E-state index >= 15 is 0 Å². The fraction of sp³-hybridized carbons (Fsp3) is 0.600. The fourth-order valence-electron chi connectivity index (χ4n) is 4.75. The number of carbonyl (C=O) groups is 1. The maximum absolute atomic E-state index is 12.5. The third-order valence-corrected chi connectivity index (χ3v) is 6.49. The molecule has 0 aliphatic heterocycles. The van der Waals surface area contributed by atoms with E-state index in [0.29, 0.717) is 11.8 Å². The Balaban J connectivity index is 1.41. The predicted molar refractivity (Wildman–Crippen MR) is 112 cm³/mol. The van der Waals surface area contributed by atoms with Crippen molar-refractivity contribution in [2.75, 3.05) is 0 Å². The lowest BCUT2D eigenvalue weighted by atomic mass is 9.81. The van der Waals surface area contributed by atoms with Crippen LogP contribution in [0.3, 0.4) is 0 Å². The van der Waals surface area contributed by atoms with Crippen LogP contribution in [0.25, 0.3) is 0 Å². The zero-order chi connectivity index (χ0) is 19.8. The number of carbonyl (C=O) groups excluding carboxylic acids is 1. The number of benzene rings is 1. The summed E-state index contributed by atoms with van der Waals surface area (Å²) < 4.78 is 5.87. The molecular formula is C25H33NO2. The fourth-order valence-corrected chi connectivity index (χ4v) is 4.75. The molecule has 0 heterocycles. The van der Waals surface area contributed by atoms with Gasteiger partial charge in [-0.25, -0.2) is 0 Å². The molecule has 0 bridgehead atoms. The first kappa shape index (κ1) is 20.6.